The minimum Gasteiger partial charge on any atom is -0.455 e. The minimum absolute atomic E-state index is 0.898. The summed E-state index contributed by atoms with van der Waals surface area (Å²) >= 11 is 0. The van der Waals surface area contributed by atoms with Crippen LogP contribution in [0.2, 0.25) is 0 Å². The van der Waals surface area contributed by atoms with E-state index in [9.17, 15) is 0 Å². The first-order valence-electron chi connectivity index (χ1n) is 19.8. The molecule has 0 aliphatic carbocycles. The van der Waals surface area contributed by atoms with Crippen molar-refractivity contribution >= 4 is 60.5 Å². The van der Waals surface area contributed by atoms with Gasteiger partial charge in [0.25, 0.3) is 0 Å². The summed E-state index contributed by atoms with van der Waals surface area (Å²) in [5, 5.41) is 7.20. The second kappa shape index (κ2) is 14.1. The van der Waals surface area contributed by atoms with Gasteiger partial charge in [0.1, 0.15) is 11.2 Å². The summed E-state index contributed by atoms with van der Waals surface area (Å²) in [4.78, 5) is 2.37. The van der Waals surface area contributed by atoms with Gasteiger partial charge in [-0.05, 0) is 109 Å². The van der Waals surface area contributed by atoms with E-state index >= 15 is 0 Å². The molecule has 0 aliphatic heterocycles. The summed E-state index contributed by atoms with van der Waals surface area (Å²) in [6, 6.07) is 80.7. The van der Waals surface area contributed by atoms with Crippen LogP contribution in [0.4, 0.5) is 17.1 Å². The number of nitrogens with zero attached hydrogens (tertiary/aromatic N) is 1. The molecule has 0 fully saturated rings. The van der Waals surface area contributed by atoms with Crippen LogP contribution in [0.5, 0.6) is 0 Å². The molecule has 58 heavy (non-hydrogen) atoms. The molecule has 0 radical (unpaired) electrons. The standard InChI is InChI=1S/C56H37NO/c1-3-12-38(13-4-1)40-24-30-45(31-25-40)57(47-34-28-42-23-22-41-16-7-8-17-48(41)54(42)37-47)46-32-26-43(27-33-46)53-36-44(39-14-5-2-6-15-39)29-35-49(53)51-19-11-20-52-50-18-9-10-21-55(50)58-56(51)52/h1-37H. The highest BCUT2D eigenvalue weighted by molar-refractivity contribution is 6.11. The number of fused-ring (bicyclic) bond motifs is 6. The zero-order chi connectivity index (χ0) is 38.4. The molecule has 11 rings (SSSR count). The van der Waals surface area contributed by atoms with Crippen molar-refractivity contribution in [3.8, 4) is 44.5 Å². The van der Waals surface area contributed by atoms with E-state index < -0.39 is 0 Å². The van der Waals surface area contributed by atoms with E-state index in [-0.39, 0.29) is 0 Å². The molecule has 0 aliphatic rings. The zero-order valence-corrected chi connectivity index (χ0v) is 31.7. The Morgan fingerprint density at radius 1 is 0.276 bits per heavy atom. The van der Waals surface area contributed by atoms with E-state index in [4.69, 9.17) is 4.42 Å². The van der Waals surface area contributed by atoms with Crippen LogP contribution in [0.3, 0.4) is 0 Å². The van der Waals surface area contributed by atoms with Gasteiger partial charge in [0.05, 0.1) is 0 Å². The molecule has 2 heteroatoms. The Balaban J connectivity index is 1.07. The number of hydrogen-bond acceptors (Lipinski definition) is 2. The van der Waals surface area contributed by atoms with E-state index in [1.165, 1.54) is 43.8 Å². The molecule has 11 aromatic rings. The largest absolute Gasteiger partial charge is 0.455 e. The molecule has 0 atom stereocenters. The lowest BCUT2D eigenvalue weighted by Crippen LogP contribution is -2.10. The highest BCUT2D eigenvalue weighted by Crippen LogP contribution is 2.43. The van der Waals surface area contributed by atoms with Crippen molar-refractivity contribution in [3.05, 3.63) is 224 Å². The monoisotopic (exact) mass is 739 g/mol. The van der Waals surface area contributed by atoms with Gasteiger partial charge in [0, 0.05) is 33.4 Å². The van der Waals surface area contributed by atoms with Crippen LogP contribution >= 0.6 is 0 Å². The molecule has 0 amide bonds. The van der Waals surface area contributed by atoms with Gasteiger partial charge in [-0.2, -0.15) is 0 Å². The second-order valence-corrected chi connectivity index (χ2v) is 14.9. The predicted molar refractivity (Wildman–Crippen MR) is 245 cm³/mol. The first-order chi connectivity index (χ1) is 28.7. The van der Waals surface area contributed by atoms with Crippen molar-refractivity contribution in [2.75, 3.05) is 4.90 Å². The average Bonchev–Trinajstić information content (AvgIpc) is 3.69. The Labute approximate surface area is 337 Å². The number of para-hydroxylation sites is 2. The summed E-state index contributed by atoms with van der Waals surface area (Å²) in [6.07, 6.45) is 0. The summed E-state index contributed by atoms with van der Waals surface area (Å²) in [7, 11) is 0. The smallest absolute Gasteiger partial charge is 0.143 e. The third-order valence-corrected chi connectivity index (χ3v) is 11.5. The highest BCUT2D eigenvalue weighted by atomic mass is 16.3. The fourth-order valence-electron chi connectivity index (χ4n) is 8.59. The van der Waals surface area contributed by atoms with E-state index in [1.807, 2.05) is 6.07 Å². The van der Waals surface area contributed by atoms with E-state index in [2.05, 4.69) is 223 Å². The zero-order valence-electron chi connectivity index (χ0n) is 31.7. The van der Waals surface area contributed by atoms with Crippen LogP contribution in [-0.4, -0.2) is 0 Å². The van der Waals surface area contributed by atoms with Crippen LogP contribution in [0.25, 0.3) is 88.0 Å². The third-order valence-electron chi connectivity index (χ3n) is 11.5. The van der Waals surface area contributed by atoms with Gasteiger partial charge in [0.2, 0.25) is 0 Å². The van der Waals surface area contributed by atoms with Gasteiger partial charge in [-0.1, -0.05) is 176 Å². The SMILES string of the molecule is c1ccc(-c2ccc(N(c3ccc(-c4cc(-c5ccccc5)ccc4-c4cccc5c4oc4ccccc45)cc3)c3ccc4ccc5ccccc5c4c3)cc2)cc1. The quantitative estimate of drug-likeness (QED) is 0.151. The molecule has 0 bridgehead atoms. The maximum atomic E-state index is 6.58. The molecular formula is C56H37NO. The number of anilines is 3. The van der Waals surface area contributed by atoms with E-state index in [1.54, 1.807) is 0 Å². The van der Waals surface area contributed by atoms with Crippen molar-refractivity contribution in [3.63, 3.8) is 0 Å². The molecule has 0 saturated heterocycles. The topological polar surface area (TPSA) is 16.4 Å². The van der Waals surface area contributed by atoms with Gasteiger partial charge in [-0.3, -0.25) is 0 Å². The molecular weight excluding hydrogens is 703 g/mol. The Morgan fingerprint density at radius 2 is 0.810 bits per heavy atom. The Kier molecular flexibility index (Phi) is 8.19. The van der Waals surface area contributed by atoms with Crippen LogP contribution in [0, 0.1) is 0 Å². The average molecular weight is 740 g/mol. The number of benzene rings is 10. The van der Waals surface area contributed by atoms with Crippen LogP contribution in [0.15, 0.2) is 229 Å². The summed E-state index contributed by atoms with van der Waals surface area (Å²) < 4.78 is 6.58. The summed E-state index contributed by atoms with van der Waals surface area (Å²) in [5.41, 5.74) is 14.3. The first kappa shape index (κ1) is 33.6. The van der Waals surface area contributed by atoms with Crippen molar-refractivity contribution in [2.45, 2.75) is 0 Å². The minimum atomic E-state index is 0.898. The maximum absolute atomic E-state index is 6.58. The number of rotatable bonds is 7. The fraction of sp³-hybridized carbons (Fsp3) is 0. The third kappa shape index (κ3) is 5.91. The van der Waals surface area contributed by atoms with Gasteiger partial charge >= 0.3 is 0 Å². The summed E-state index contributed by atoms with van der Waals surface area (Å²) in [5.74, 6) is 0. The van der Waals surface area contributed by atoms with E-state index in [0.717, 1.165) is 61.3 Å². The molecule has 0 spiro atoms. The maximum Gasteiger partial charge on any atom is 0.143 e. The van der Waals surface area contributed by atoms with Crippen molar-refractivity contribution in [2.24, 2.45) is 0 Å². The van der Waals surface area contributed by atoms with Gasteiger partial charge in [0.15, 0.2) is 0 Å². The molecule has 1 heterocycles. The number of furan rings is 1. The van der Waals surface area contributed by atoms with Gasteiger partial charge in [-0.25, -0.2) is 0 Å². The Hall–Kier alpha value is -7.68. The lowest BCUT2D eigenvalue weighted by Gasteiger charge is -2.26. The first-order valence-corrected chi connectivity index (χ1v) is 19.8. The molecule has 2 nitrogen and oxygen atoms in total. The van der Waals surface area contributed by atoms with Crippen molar-refractivity contribution in [1.29, 1.82) is 0 Å². The fourth-order valence-corrected chi connectivity index (χ4v) is 8.59. The molecule has 10 aromatic carbocycles. The van der Waals surface area contributed by atoms with Crippen LogP contribution in [-0.2, 0) is 0 Å². The van der Waals surface area contributed by atoms with Gasteiger partial charge in [-0.15, -0.1) is 0 Å². The van der Waals surface area contributed by atoms with Crippen LogP contribution < -0.4 is 4.90 Å². The highest BCUT2D eigenvalue weighted by Gasteiger charge is 2.19. The van der Waals surface area contributed by atoms with Crippen LogP contribution in [0.1, 0.15) is 0 Å². The Bertz CT molecular complexity index is 3250. The number of hydrogen-bond donors (Lipinski definition) is 0. The molecule has 0 N–H and O–H groups in total. The molecule has 0 saturated carbocycles. The molecule has 1 aromatic heterocycles. The summed E-state index contributed by atoms with van der Waals surface area (Å²) in [6.45, 7) is 0. The molecule has 0 unspecified atom stereocenters. The predicted octanol–water partition coefficient (Wildman–Crippen LogP) is 16.0. The van der Waals surface area contributed by atoms with Gasteiger partial charge < -0.3 is 9.32 Å². The van der Waals surface area contributed by atoms with Crippen molar-refractivity contribution < 1.29 is 4.42 Å². The Morgan fingerprint density at radius 3 is 1.55 bits per heavy atom. The normalized spacial score (nSPS) is 11.4. The van der Waals surface area contributed by atoms with E-state index in [0.29, 0.717) is 0 Å². The van der Waals surface area contributed by atoms with Crippen molar-refractivity contribution in [1.82, 2.24) is 0 Å². The lowest BCUT2D eigenvalue weighted by atomic mass is 9.90. The second-order valence-electron chi connectivity index (χ2n) is 14.9. The molecule has 272 valence electrons. The lowest BCUT2D eigenvalue weighted by molar-refractivity contribution is 0.670.